The topological polar surface area (TPSA) is 49.9 Å². The molecular weight excluding hydrogens is 300 g/mol. The van der Waals surface area contributed by atoms with Crippen LogP contribution >= 0.6 is 11.6 Å². The Labute approximate surface area is 125 Å². The summed E-state index contributed by atoms with van der Waals surface area (Å²) in [6.45, 7) is 0.936. The van der Waals surface area contributed by atoms with E-state index in [1.165, 1.54) is 8.61 Å². The van der Waals surface area contributed by atoms with Crippen LogP contribution in [0.5, 0.6) is 5.75 Å². The molecule has 0 saturated carbocycles. The van der Waals surface area contributed by atoms with Gasteiger partial charge in [-0.15, -0.1) is 0 Å². The summed E-state index contributed by atoms with van der Waals surface area (Å²) >= 11 is 6.05. The van der Waals surface area contributed by atoms with Crippen molar-refractivity contribution in [2.75, 3.05) is 27.2 Å². The fourth-order valence-corrected chi connectivity index (χ4v) is 3.45. The van der Waals surface area contributed by atoms with Gasteiger partial charge in [0.1, 0.15) is 11.9 Å². The normalized spacial score (nSPS) is 18.4. The van der Waals surface area contributed by atoms with Crippen molar-refractivity contribution in [2.24, 2.45) is 0 Å². The van der Waals surface area contributed by atoms with Crippen molar-refractivity contribution < 1.29 is 13.2 Å². The number of rotatable bonds is 4. The molecular formula is C13H19ClN2O3S. The maximum Gasteiger partial charge on any atom is 0.281 e. The highest BCUT2D eigenvalue weighted by Gasteiger charge is 2.30. The predicted octanol–water partition coefficient (Wildman–Crippen LogP) is 1.99. The van der Waals surface area contributed by atoms with Crippen molar-refractivity contribution in [3.8, 4) is 5.75 Å². The summed E-state index contributed by atoms with van der Waals surface area (Å²) in [6, 6.07) is 7.32. The van der Waals surface area contributed by atoms with E-state index >= 15 is 0 Å². The molecule has 112 valence electrons. The van der Waals surface area contributed by atoms with Crippen molar-refractivity contribution in [3.63, 3.8) is 0 Å². The van der Waals surface area contributed by atoms with Gasteiger partial charge in [-0.3, -0.25) is 0 Å². The van der Waals surface area contributed by atoms with Crippen molar-refractivity contribution in [1.82, 2.24) is 8.61 Å². The number of halogens is 1. The van der Waals surface area contributed by atoms with Crippen molar-refractivity contribution in [3.05, 3.63) is 29.3 Å². The molecule has 0 radical (unpaired) electrons. The minimum absolute atomic E-state index is 0.00325. The average molecular weight is 319 g/mol. The predicted molar refractivity (Wildman–Crippen MR) is 79.3 cm³/mol. The van der Waals surface area contributed by atoms with Crippen molar-refractivity contribution in [2.45, 2.75) is 18.9 Å². The molecule has 2 rings (SSSR count). The first kappa shape index (κ1) is 15.6. The Morgan fingerprint density at radius 2 is 1.85 bits per heavy atom. The lowest BCUT2D eigenvalue weighted by Crippen LogP contribution is -2.46. The zero-order valence-corrected chi connectivity index (χ0v) is 13.2. The second kappa shape index (κ2) is 6.30. The quantitative estimate of drug-likeness (QED) is 0.853. The summed E-state index contributed by atoms with van der Waals surface area (Å²) in [5.41, 5.74) is 0. The van der Waals surface area contributed by atoms with E-state index in [-0.39, 0.29) is 6.10 Å². The molecule has 1 aromatic carbocycles. The Hall–Kier alpha value is -0.820. The Morgan fingerprint density at radius 3 is 2.40 bits per heavy atom. The largest absolute Gasteiger partial charge is 0.489 e. The van der Waals surface area contributed by atoms with Crippen LogP contribution in [0.4, 0.5) is 0 Å². The molecule has 1 aliphatic rings. The van der Waals surface area contributed by atoms with Crippen molar-refractivity contribution in [1.29, 1.82) is 0 Å². The summed E-state index contributed by atoms with van der Waals surface area (Å²) in [6.07, 6.45) is 1.33. The summed E-state index contributed by atoms with van der Waals surface area (Å²) in [5.74, 6) is 0.656. The van der Waals surface area contributed by atoms with E-state index in [9.17, 15) is 8.42 Å². The first-order valence-electron chi connectivity index (χ1n) is 6.50. The zero-order valence-electron chi connectivity index (χ0n) is 11.6. The molecule has 0 amide bonds. The van der Waals surface area contributed by atoms with Gasteiger partial charge in [0.25, 0.3) is 10.2 Å². The molecule has 0 bridgehead atoms. The lowest BCUT2D eigenvalue weighted by molar-refractivity contribution is 0.133. The summed E-state index contributed by atoms with van der Waals surface area (Å²) in [4.78, 5) is 0. The molecule has 0 aliphatic carbocycles. The van der Waals surface area contributed by atoms with E-state index in [2.05, 4.69) is 0 Å². The molecule has 1 fully saturated rings. The van der Waals surface area contributed by atoms with Crippen LogP contribution in [0.15, 0.2) is 24.3 Å². The van der Waals surface area contributed by atoms with Gasteiger partial charge in [-0.25, -0.2) is 0 Å². The van der Waals surface area contributed by atoms with E-state index in [0.717, 1.165) is 0 Å². The lowest BCUT2D eigenvalue weighted by Gasteiger charge is -2.32. The van der Waals surface area contributed by atoms with Gasteiger partial charge in [0.15, 0.2) is 0 Å². The fraction of sp³-hybridized carbons (Fsp3) is 0.538. The van der Waals surface area contributed by atoms with E-state index in [0.29, 0.717) is 36.7 Å². The van der Waals surface area contributed by atoms with Gasteiger partial charge < -0.3 is 4.74 Å². The number of hydrogen-bond donors (Lipinski definition) is 0. The number of piperidine rings is 1. The standard InChI is InChI=1S/C13H19ClN2O3S/c1-15(2)20(17,18)16-9-7-11(8-10-16)19-13-6-4-3-5-12(13)14/h3-6,11H,7-10H2,1-2H3. The third kappa shape index (κ3) is 3.44. The van der Waals surface area contributed by atoms with Crippen LogP contribution in [0.25, 0.3) is 0 Å². The maximum atomic E-state index is 12.0. The van der Waals surface area contributed by atoms with Gasteiger partial charge >= 0.3 is 0 Å². The third-order valence-electron chi connectivity index (χ3n) is 3.32. The fourth-order valence-electron chi connectivity index (χ4n) is 2.13. The molecule has 0 spiro atoms. The number of para-hydroxylation sites is 1. The van der Waals surface area contributed by atoms with E-state index in [1.807, 2.05) is 18.2 Å². The Balaban J connectivity index is 1.94. The first-order chi connectivity index (χ1) is 9.41. The highest BCUT2D eigenvalue weighted by Crippen LogP contribution is 2.27. The highest BCUT2D eigenvalue weighted by molar-refractivity contribution is 7.86. The van der Waals surface area contributed by atoms with Gasteiger partial charge in [0.05, 0.1) is 5.02 Å². The second-order valence-corrected chi connectivity index (χ2v) is 7.49. The molecule has 0 unspecified atom stereocenters. The van der Waals surface area contributed by atoms with Crippen LogP contribution in [0.1, 0.15) is 12.8 Å². The summed E-state index contributed by atoms with van der Waals surface area (Å²) in [5, 5.41) is 0.579. The van der Waals surface area contributed by atoms with Crippen LogP contribution in [-0.2, 0) is 10.2 Å². The minimum atomic E-state index is -3.32. The van der Waals surface area contributed by atoms with E-state index < -0.39 is 10.2 Å². The van der Waals surface area contributed by atoms with Gasteiger partial charge in [0.2, 0.25) is 0 Å². The minimum Gasteiger partial charge on any atom is -0.489 e. The molecule has 1 aromatic rings. The SMILES string of the molecule is CN(C)S(=O)(=O)N1CCC(Oc2ccccc2Cl)CC1. The molecule has 1 saturated heterocycles. The van der Waals surface area contributed by atoms with E-state index in [4.69, 9.17) is 16.3 Å². The van der Waals surface area contributed by atoms with Gasteiger partial charge in [-0.1, -0.05) is 23.7 Å². The van der Waals surface area contributed by atoms with Crippen LogP contribution < -0.4 is 4.74 Å². The third-order valence-corrected chi connectivity index (χ3v) is 5.57. The molecule has 1 aliphatic heterocycles. The molecule has 20 heavy (non-hydrogen) atoms. The summed E-state index contributed by atoms with van der Waals surface area (Å²) < 4.78 is 32.6. The van der Waals surface area contributed by atoms with Gasteiger partial charge in [0, 0.05) is 27.2 Å². The lowest BCUT2D eigenvalue weighted by atomic mass is 10.1. The van der Waals surface area contributed by atoms with Crippen LogP contribution in [0.2, 0.25) is 5.02 Å². The van der Waals surface area contributed by atoms with Gasteiger partial charge in [-0.2, -0.15) is 17.0 Å². The van der Waals surface area contributed by atoms with Crippen LogP contribution in [-0.4, -0.2) is 50.3 Å². The highest BCUT2D eigenvalue weighted by atomic mass is 35.5. The Kier molecular flexibility index (Phi) is 4.90. The zero-order chi connectivity index (χ0) is 14.8. The Bertz CT molecular complexity index is 554. The van der Waals surface area contributed by atoms with Gasteiger partial charge in [-0.05, 0) is 25.0 Å². The number of hydrogen-bond acceptors (Lipinski definition) is 3. The maximum absolute atomic E-state index is 12.0. The van der Waals surface area contributed by atoms with Crippen molar-refractivity contribution >= 4 is 21.8 Å². The Morgan fingerprint density at radius 1 is 1.25 bits per heavy atom. The van der Waals surface area contributed by atoms with E-state index in [1.54, 1.807) is 20.2 Å². The monoisotopic (exact) mass is 318 g/mol. The molecule has 0 aromatic heterocycles. The molecule has 7 heteroatoms. The van der Waals surface area contributed by atoms with Crippen LogP contribution in [0, 0.1) is 0 Å². The smallest absolute Gasteiger partial charge is 0.281 e. The second-order valence-electron chi connectivity index (χ2n) is 4.94. The van der Waals surface area contributed by atoms with Crippen LogP contribution in [0.3, 0.4) is 0 Å². The summed E-state index contributed by atoms with van der Waals surface area (Å²) in [7, 11) is -0.233. The average Bonchev–Trinajstić information content (AvgIpc) is 2.42. The number of benzene rings is 1. The number of ether oxygens (including phenoxy) is 1. The molecule has 5 nitrogen and oxygen atoms in total. The molecule has 1 heterocycles. The molecule has 0 N–H and O–H groups in total. The molecule has 0 atom stereocenters. The first-order valence-corrected chi connectivity index (χ1v) is 8.27. The number of nitrogens with zero attached hydrogens (tertiary/aromatic N) is 2.